The van der Waals surface area contributed by atoms with E-state index >= 15 is 0 Å². The fourth-order valence-corrected chi connectivity index (χ4v) is 2.45. The molecule has 0 saturated carbocycles. The van der Waals surface area contributed by atoms with Gasteiger partial charge in [-0.05, 0) is 0 Å². The Labute approximate surface area is 88.4 Å². The van der Waals surface area contributed by atoms with E-state index in [-0.39, 0.29) is 0 Å². The van der Waals surface area contributed by atoms with E-state index < -0.39 is 0 Å². The molecule has 1 aromatic rings. The summed E-state index contributed by atoms with van der Waals surface area (Å²) in [4.78, 5) is 0. The van der Waals surface area contributed by atoms with Crippen molar-refractivity contribution in [3.8, 4) is 0 Å². The van der Waals surface area contributed by atoms with E-state index in [1.807, 2.05) is 35.9 Å². The highest BCUT2D eigenvalue weighted by atomic mass is 32.2. The largest absolute Gasteiger partial charge is 0.381 e. The van der Waals surface area contributed by atoms with Gasteiger partial charge in [-0.15, -0.1) is 0 Å². The minimum absolute atomic E-state index is 0.592. The minimum atomic E-state index is 0.592. The lowest BCUT2D eigenvalue weighted by Gasteiger charge is -2.23. The molecule has 0 radical (unpaired) electrons. The van der Waals surface area contributed by atoms with E-state index in [4.69, 9.17) is 0 Å². The SMILES string of the molecule is Cn1cc(NCC2CSCCN2)cn1. The summed E-state index contributed by atoms with van der Waals surface area (Å²) in [5, 5.41) is 11.0. The average Bonchev–Trinajstić information content (AvgIpc) is 2.63. The summed E-state index contributed by atoms with van der Waals surface area (Å²) in [5.74, 6) is 2.44. The molecule has 0 bridgehead atoms. The summed E-state index contributed by atoms with van der Waals surface area (Å²) in [6.07, 6.45) is 3.85. The summed E-state index contributed by atoms with van der Waals surface area (Å²) >= 11 is 2.02. The number of rotatable bonds is 3. The van der Waals surface area contributed by atoms with Gasteiger partial charge in [0.05, 0.1) is 11.9 Å². The first-order chi connectivity index (χ1) is 6.84. The van der Waals surface area contributed by atoms with Gasteiger partial charge in [-0.2, -0.15) is 16.9 Å². The zero-order valence-corrected chi connectivity index (χ0v) is 9.18. The molecule has 5 heteroatoms. The van der Waals surface area contributed by atoms with Crippen LogP contribution in [0.4, 0.5) is 5.69 Å². The number of aromatic nitrogens is 2. The van der Waals surface area contributed by atoms with E-state index in [0.717, 1.165) is 18.8 Å². The van der Waals surface area contributed by atoms with Crippen LogP contribution in [-0.4, -0.2) is 40.4 Å². The van der Waals surface area contributed by atoms with Gasteiger partial charge in [0.2, 0.25) is 0 Å². The van der Waals surface area contributed by atoms with Crippen molar-refractivity contribution < 1.29 is 0 Å². The fourth-order valence-electron chi connectivity index (χ4n) is 1.50. The van der Waals surface area contributed by atoms with Crippen LogP contribution in [0.3, 0.4) is 0 Å². The van der Waals surface area contributed by atoms with Crippen molar-refractivity contribution in [2.24, 2.45) is 7.05 Å². The number of thioether (sulfide) groups is 1. The van der Waals surface area contributed by atoms with E-state index in [1.54, 1.807) is 0 Å². The molecule has 1 atom stereocenters. The maximum Gasteiger partial charge on any atom is 0.0726 e. The van der Waals surface area contributed by atoms with E-state index in [9.17, 15) is 0 Å². The minimum Gasteiger partial charge on any atom is -0.381 e. The maximum atomic E-state index is 4.11. The normalized spacial score (nSPS) is 22.2. The first kappa shape index (κ1) is 9.86. The van der Waals surface area contributed by atoms with Crippen LogP contribution in [0.25, 0.3) is 0 Å². The number of hydrogen-bond donors (Lipinski definition) is 2. The van der Waals surface area contributed by atoms with E-state index in [0.29, 0.717) is 6.04 Å². The Bertz CT molecular complexity index is 280. The van der Waals surface area contributed by atoms with Crippen LogP contribution in [0.5, 0.6) is 0 Å². The Morgan fingerprint density at radius 3 is 3.36 bits per heavy atom. The van der Waals surface area contributed by atoms with E-state index in [1.165, 1.54) is 11.5 Å². The molecule has 1 fully saturated rings. The van der Waals surface area contributed by atoms with Gasteiger partial charge < -0.3 is 10.6 Å². The van der Waals surface area contributed by atoms with Crippen LogP contribution in [0.2, 0.25) is 0 Å². The summed E-state index contributed by atoms with van der Waals surface area (Å²) in [6, 6.07) is 0.592. The van der Waals surface area contributed by atoms with Gasteiger partial charge in [0, 0.05) is 43.9 Å². The van der Waals surface area contributed by atoms with Crippen LogP contribution in [0, 0.1) is 0 Å². The molecule has 1 aliphatic heterocycles. The highest BCUT2D eigenvalue weighted by Gasteiger charge is 2.12. The lowest BCUT2D eigenvalue weighted by Crippen LogP contribution is -2.42. The second-order valence-corrected chi connectivity index (χ2v) is 4.66. The third-order valence-corrected chi connectivity index (χ3v) is 3.39. The number of aryl methyl sites for hydroxylation is 1. The Morgan fingerprint density at radius 1 is 1.79 bits per heavy atom. The second kappa shape index (κ2) is 4.70. The topological polar surface area (TPSA) is 41.9 Å². The van der Waals surface area contributed by atoms with Crippen molar-refractivity contribution in [1.29, 1.82) is 0 Å². The summed E-state index contributed by atoms with van der Waals surface area (Å²) in [6.45, 7) is 2.11. The number of hydrogen-bond acceptors (Lipinski definition) is 4. The highest BCUT2D eigenvalue weighted by molar-refractivity contribution is 7.99. The number of nitrogens with one attached hydrogen (secondary N) is 2. The molecule has 1 saturated heterocycles. The Hall–Kier alpha value is -0.680. The molecule has 2 N–H and O–H groups in total. The molecule has 0 aromatic carbocycles. The fraction of sp³-hybridized carbons (Fsp3) is 0.667. The molecule has 0 spiro atoms. The summed E-state index contributed by atoms with van der Waals surface area (Å²) in [5.41, 5.74) is 1.10. The first-order valence-electron chi connectivity index (χ1n) is 4.88. The van der Waals surface area contributed by atoms with Crippen LogP contribution in [-0.2, 0) is 7.05 Å². The predicted octanol–water partition coefficient (Wildman–Crippen LogP) is 0.537. The average molecular weight is 212 g/mol. The van der Waals surface area contributed by atoms with Crippen molar-refractivity contribution in [2.45, 2.75) is 6.04 Å². The van der Waals surface area contributed by atoms with Crippen LogP contribution >= 0.6 is 11.8 Å². The van der Waals surface area contributed by atoms with Crippen LogP contribution in [0.1, 0.15) is 0 Å². The number of anilines is 1. The molecule has 1 aromatic heterocycles. The monoisotopic (exact) mass is 212 g/mol. The summed E-state index contributed by atoms with van der Waals surface area (Å²) < 4.78 is 1.81. The Kier molecular flexibility index (Phi) is 3.31. The zero-order valence-electron chi connectivity index (χ0n) is 8.36. The quantitative estimate of drug-likeness (QED) is 0.767. The standard InChI is InChI=1S/C9H16N4S/c1-13-6-8(5-12-13)11-4-9-7-14-3-2-10-9/h5-6,9-11H,2-4,7H2,1H3. The molecular weight excluding hydrogens is 196 g/mol. The van der Waals surface area contributed by atoms with Gasteiger partial charge in [-0.25, -0.2) is 0 Å². The first-order valence-corrected chi connectivity index (χ1v) is 6.04. The lowest BCUT2D eigenvalue weighted by atomic mass is 10.3. The molecule has 1 unspecified atom stereocenters. The predicted molar refractivity (Wildman–Crippen MR) is 60.8 cm³/mol. The molecule has 4 nitrogen and oxygen atoms in total. The Balaban J connectivity index is 1.76. The molecule has 1 aliphatic rings. The lowest BCUT2D eigenvalue weighted by molar-refractivity contribution is 0.587. The third kappa shape index (κ3) is 2.65. The van der Waals surface area contributed by atoms with Gasteiger partial charge in [-0.3, -0.25) is 4.68 Å². The van der Waals surface area contributed by atoms with Crippen molar-refractivity contribution in [3.63, 3.8) is 0 Å². The van der Waals surface area contributed by atoms with Gasteiger partial charge in [0.1, 0.15) is 0 Å². The summed E-state index contributed by atoms with van der Waals surface area (Å²) in [7, 11) is 1.93. The second-order valence-electron chi connectivity index (χ2n) is 3.51. The highest BCUT2D eigenvalue weighted by Crippen LogP contribution is 2.09. The Morgan fingerprint density at radius 2 is 2.71 bits per heavy atom. The molecule has 2 heterocycles. The third-order valence-electron chi connectivity index (χ3n) is 2.26. The molecule has 0 amide bonds. The van der Waals surface area contributed by atoms with Gasteiger partial charge in [-0.1, -0.05) is 0 Å². The maximum absolute atomic E-state index is 4.11. The van der Waals surface area contributed by atoms with E-state index in [2.05, 4.69) is 15.7 Å². The smallest absolute Gasteiger partial charge is 0.0726 e. The van der Waals surface area contributed by atoms with Gasteiger partial charge in [0.25, 0.3) is 0 Å². The van der Waals surface area contributed by atoms with Crippen molar-refractivity contribution >= 4 is 17.4 Å². The van der Waals surface area contributed by atoms with Crippen LogP contribution in [0.15, 0.2) is 12.4 Å². The molecule has 78 valence electrons. The molecular formula is C9H16N4S. The molecule has 0 aliphatic carbocycles. The van der Waals surface area contributed by atoms with Crippen molar-refractivity contribution in [1.82, 2.24) is 15.1 Å². The van der Waals surface area contributed by atoms with Gasteiger partial charge >= 0.3 is 0 Å². The molecule has 14 heavy (non-hydrogen) atoms. The van der Waals surface area contributed by atoms with Crippen molar-refractivity contribution in [2.75, 3.05) is 29.9 Å². The van der Waals surface area contributed by atoms with Crippen LogP contribution < -0.4 is 10.6 Å². The zero-order chi connectivity index (χ0) is 9.80. The molecule has 2 rings (SSSR count). The van der Waals surface area contributed by atoms with Crippen molar-refractivity contribution in [3.05, 3.63) is 12.4 Å². The van der Waals surface area contributed by atoms with Gasteiger partial charge in [0.15, 0.2) is 0 Å². The number of nitrogens with zero attached hydrogens (tertiary/aromatic N) is 2.